The van der Waals surface area contributed by atoms with E-state index in [-0.39, 0.29) is 17.7 Å². The molecule has 0 aliphatic heterocycles. The number of rotatable bonds is 6. The molecule has 1 unspecified atom stereocenters. The second-order valence-electron chi connectivity index (χ2n) is 5.03. The Labute approximate surface area is 119 Å². The van der Waals surface area contributed by atoms with E-state index in [1.807, 2.05) is 6.92 Å². The van der Waals surface area contributed by atoms with Crippen molar-refractivity contribution in [2.24, 2.45) is 5.92 Å². The Balaban J connectivity index is 2.42. The van der Waals surface area contributed by atoms with E-state index >= 15 is 0 Å². The summed E-state index contributed by atoms with van der Waals surface area (Å²) in [5, 5.41) is 15.6. The number of carbonyl (C=O) groups is 1. The summed E-state index contributed by atoms with van der Waals surface area (Å²) in [5.41, 5.74) is 0.923. The maximum absolute atomic E-state index is 11.8. The Morgan fingerprint density at radius 3 is 2.63 bits per heavy atom. The van der Waals surface area contributed by atoms with Crippen LogP contribution in [0.1, 0.15) is 26.3 Å². The molecule has 0 radical (unpaired) electrons. The molecule has 4 nitrogen and oxygen atoms in total. The summed E-state index contributed by atoms with van der Waals surface area (Å²) in [5.74, 6) is 0.485. The van der Waals surface area contributed by atoms with Crippen molar-refractivity contribution in [1.29, 1.82) is 0 Å². The number of phenols is 1. The summed E-state index contributed by atoms with van der Waals surface area (Å²) in [6.45, 7) is 7.12. The van der Waals surface area contributed by atoms with Crippen LogP contribution in [0.2, 0.25) is 5.02 Å². The SMILES string of the molecule is CC(C)CNC(=O)C(C)NCc1ccc(O)c(Cl)c1. The number of halogens is 1. The van der Waals surface area contributed by atoms with Crippen LogP contribution in [-0.2, 0) is 11.3 Å². The molecule has 0 aliphatic carbocycles. The van der Waals surface area contributed by atoms with E-state index in [4.69, 9.17) is 11.6 Å². The first-order valence-corrected chi connectivity index (χ1v) is 6.76. The van der Waals surface area contributed by atoms with Gasteiger partial charge in [0.1, 0.15) is 5.75 Å². The predicted octanol–water partition coefficient (Wildman–Crippen LogP) is 2.30. The van der Waals surface area contributed by atoms with Crippen molar-refractivity contribution in [2.45, 2.75) is 33.4 Å². The highest BCUT2D eigenvalue weighted by molar-refractivity contribution is 6.32. The molecule has 106 valence electrons. The molecular formula is C14H21ClN2O2. The van der Waals surface area contributed by atoms with E-state index in [9.17, 15) is 9.90 Å². The topological polar surface area (TPSA) is 61.4 Å². The van der Waals surface area contributed by atoms with Crippen molar-refractivity contribution in [1.82, 2.24) is 10.6 Å². The largest absolute Gasteiger partial charge is 0.506 e. The Bertz CT molecular complexity index is 435. The molecule has 1 atom stereocenters. The van der Waals surface area contributed by atoms with E-state index in [1.54, 1.807) is 18.2 Å². The summed E-state index contributed by atoms with van der Waals surface area (Å²) in [6.07, 6.45) is 0. The first-order valence-electron chi connectivity index (χ1n) is 6.38. The molecule has 1 amide bonds. The molecule has 0 spiro atoms. The van der Waals surface area contributed by atoms with Gasteiger partial charge < -0.3 is 15.7 Å². The minimum Gasteiger partial charge on any atom is -0.506 e. The van der Waals surface area contributed by atoms with E-state index < -0.39 is 0 Å². The van der Waals surface area contributed by atoms with Crippen LogP contribution < -0.4 is 10.6 Å². The fourth-order valence-corrected chi connectivity index (χ4v) is 1.68. The molecule has 5 heteroatoms. The van der Waals surface area contributed by atoms with E-state index in [0.29, 0.717) is 24.0 Å². The number of hydrogen-bond donors (Lipinski definition) is 3. The van der Waals surface area contributed by atoms with E-state index in [2.05, 4.69) is 24.5 Å². The fourth-order valence-electron chi connectivity index (χ4n) is 1.48. The van der Waals surface area contributed by atoms with Crippen LogP contribution in [0, 0.1) is 5.92 Å². The molecule has 0 fully saturated rings. The highest BCUT2D eigenvalue weighted by atomic mass is 35.5. The lowest BCUT2D eigenvalue weighted by molar-refractivity contribution is -0.122. The third-order valence-electron chi connectivity index (χ3n) is 2.70. The fraction of sp³-hybridized carbons (Fsp3) is 0.500. The van der Waals surface area contributed by atoms with Gasteiger partial charge in [-0.05, 0) is 30.5 Å². The van der Waals surface area contributed by atoms with Crippen molar-refractivity contribution in [2.75, 3.05) is 6.54 Å². The predicted molar refractivity (Wildman–Crippen MR) is 77.3 cm³/mol. The summed E-state index contributed by atoms with van der Waals surface area (Å²) >= 11 is 5.82. The standard InChI is InChI=1S/C14H21ClN2O2/c1-9(2)7-17-14(19)10(3)16-8-11-4-5-13(18)12(15)6-11/h4-6,9-10,16,18H,7-8H2,1-3H3,(H,17,19). The van der Waals surface area contributed by atoms with Gasteiger partial charge >= 0.3 is 0 Å². The molecule has 1 aromatic carbocycles. The van der Waals surface area contributed by atoms with Crippen LogP contribution in [0.5, 0.6) is 5.75 Å². The third-order valence-corrected chi connectivity index (χ3v) is 3.01. The normalized spacial score (nSPS) is 12.5. The highest BCUT2D eigenvalue weighted by Crippen LogP contribution is 2.23. The lowest BCUT2D eigenvalue weighted by Crippen LogP contribution is -2.42. The Morgan fingerprint density at radius 1 is 1.37 bits per heavy atom. The average molecular weight is 285 g/mol. The average Bonchev–Trinajstić information content (AvgIpc) is 2.36. The number of carbonyl (C=O) groups excluding carboxylic acids is 1. The Morgan fingerprint density at radius 2 is 2.05 bits per heavy atom. The van der Waals surface area contributed by atoms with Gasteiger partial charge in [0.15, 0.2) is 0 Å². The monoisotopic (exact) mass is 284 g/mol. The molecule has 0 aliphatic rings. The number of nitrogens with one attached hydrogen (secondary N) is 2. The molecular weight excluding hydrogens is 264 g/mol. The summed E-state index contributed by atoms with van der Waals surface area (Å²) < 4.78 is 0. The zero-order valence-electron chi connectivity index (χ0n) is 11.5. The van der Waals surface area contributed by atoms with Crippen LogP contribution >= 0.6 is 11.6 Å². The Kier molecular flexibility index (Phi) is 6.12. The maximum atomic E-state index is 11.8. The van der Waals surface area contributed by atoms with E-state index in [1.165, 1.54) is 0 Å². The molecule has 0 heterocycles. The quantitative estimate of drug-likeness (QED) is 0.751. The van der Waals surface area contributed by atoms with Gasteiger partial charge in [-0.25, -0.2) is 0 Å². The molecule has 0 bridgehead atoms. The lowest BCUT2D eigenvalue weighted by atomic mass is 10.2. The molecule has 3 N–H and O–H groups in total. The first-order chi connectivity index (χ1) is 8.90. The lowest BCUT2D eigenvalue weighted by Gasteiger charge is -2.15. The summed E-state index contributed by atoms with van der Waals surface area (Å²) in [7, 11) is 0. The minimum atomic E-state index is -0.272. The molecule has 0 saturated carbocycles. The maximum Gasteiger partial charge on any atom is 0.236 e. The number of amides is 1. The molecule has 1 aromatic rings. The van der Waals surface area contributed by atoms with Gasteiger partial charge in [0, 0.05) is 13.1 Å². The van der Waals surface area contributed by atoms with Crippen molar-refractivity contribution < 1.29 is 9.90 Å². The first kappa shape index (κ1) is 15.8. The molecule has 0 aromatic heterocycles. The smallest absolute Gasteiger partial charge is 0.236 e. The molecule has 19 heavy (non-hydrogen) atoms. The van der Waals surface area contributed by atoms with Crippen molar-refractivity contribution in [3.05, 3.63) is 28.8 Å². The Hall–Kier alpha value is -1.26. The van der Waals surface area contributed by atoms with Crippen molar-refractivity contribution in [3.8, 4) is 5.75 Å². The zero-order valence-corrected chi connectivity index (χ0v) is 12.3. The van der Waals surface area contributed by atoms with Gasteiger partial charge in [0.05, 0.1) is 11.1 Å². The van der Waals surface area contributed by atoms with Crippen LogP contribution in [0.4, 0.5) is 0 Å². The van der Waals surface area contributed by atoms with Gasteiger partial charge in [0.2, 0.25) is 5.91 Å². The number of aromatic hydroxyl groups is 1. The molecule has 1 rings (SSSR count). The van der Waals surface area contributed by atoms with Crippen LogP contribution in [0.3, 0.4) is 0 Å². The summed E-state index contributed by atoms with van der Waals surface area (Å²) in [6, 6.07) is 4.73. The minimum absolute atomic E-state index is 0.0152. The van der Waals surface area contributed by atoms with Gasteiger partial charge in [-0.3, -0.25) is 4.79 Å². The van der Waals surface area contributed by atoms with Crippen LogP contribution in [0.15, 0.2) is 18.2 Å². The highest BCUT2D eigenvalue weighted by Gasteiger charge is 2.12. The zero-order chi connectivity index (χ0) is 14.4. The second-order valence-corrected chi connectivity index (χ2v) is 5.43. The summed E-state index contributed by atoms with van der Waals surface area (Å²) in [4.78, 5) is 11.8. The third kappa shape index (κ3) is 5.49. The van der Waals surface area contributed by atoms with Crippen molar-refractivity contribution in [3.63, 3.8) is 0 Å². The number of phenolic OH excluding ortho intramolecular Hbond substituents is 1. The van der Waals surface area contributed by atoms with Gasteiger partial charge in [0.25, 0.3) is 0 Å². The van der Waals surface area contributed by atoms with Crippen LogP contribution in [-0.4, -0.2) is 23.6 Å². The number of benzene rings is 1. The number of hydrogen-bond acceptors (Lipinski definition) is 3. The van der Waals surface area contributed by atoms with Crippen LogP contribution in [0.25, 0.3) is 0 Å². The second kappa shape index (κ2) is 7.36. The van der Waals surface area contributed by atoms with Gasteiger partial charge in [-0.1, -0.05) is 31.5 Å². The van der Waals surface area contributed by atoms with Gasteiger partial charge in [-0.15, -0.1) is 0 Å². The molecule has 0 saturated heterocycles. The van der Waals surface area contributed by atoms with E-state index in [0.717, 1.165) is 5.56 Å². The van der Waals surface area contributed by atoms with Crippen molar-refractivity contribution >= 4 is 17.5 Å². The van der Waals surface area contributed by atoms with Gasteiger partial charge in [-0.2, -0.15) is 0 Å².